The largest absolute Gasteiger partial charge is 0.461 e. The fourth-order valence-corrected chi connectivity index (χ4v) is 2.92. The molecule has 0 aliphatic carbocycles. The Morgan fingerprint density at radius 2 is 1.85 bits per heavy atom. The zero-order valence-electron chi connectivity index (χ0n) is 15.2. The van der Waals surface area contributed by atoms with Crippen LogP contribution in [0.2, 0.25) is 0 Å². The van der Waals surface area contributed by atoms with Gasteiger partial charge in [0.05, 0.1) is 6.26 Å². The second-order valence-corrected chi connectivity index (χ2v) is 6.85. The topological polar surface area (TPSA) is 92.7 Å². The highest BCUT2D eigenvalue weighted by Gasteiger charge is 2.24. The molecule has 1 aliphatic rings. The Labute approximate surface area is 152 Å². The maximum Gasteiger partial charge on any atom is 0.238 e. The Balaban J connectivity index is 1.44. The lowest BCUT2D eigenvalue weighted by Crippen LogP contribution is -2.50. The quantitative estimate of drug-likeness (QED) is 0.782. The van der Waals surface area contributed by atoms with E-state index in [0.717, 1.165) is 0 Å². The molecule has 0 radical (unpaired) electrons. The molecule has 0 atom stereocenters. The van der Waals surface area contributed by atoms with E-state index in [1.165, 1.54) is 0 Å². The molecule has 0 N–H and O–H groups in total. The molecule has 8 nitrogen and oxygen atoms in total. The molecule has 2 amide bonds. The fourth-order valence-electron chi connectivity index (χ4n) is 2.92. The predicted octanol–water partition coefficient (Wildman–Crippen LogP) is 1.98. The molecular formula is C18H24N4O4. The minimum atomic E-state index is 0.0405. The molecule has 3 rings (SSSR count). The molecule has 26 heavy (non-hydrogen) atoms. The van der Waals surface area contributed by atoms with E-state index in [0.29, 0.717) is 68.8 Å². The summed E-state index contributed by atoms with van der Waals surface area (Å²) in [5.41, 5.74) is 0. The summed E-state index contributed by atoms with van der Waals surface area (Å²) in [6, 6.07) is 3.50. The molecule has 0 aromatic carbocycles. The summed E-state index contributed by atoms with van der Waals surface area (Å²) in [7, 11) is 0. The van der Waals surface area contributed by atoms with E-state index >= 15 is 0 Å². The van der Waals surface area contributed by atoms with Crippen LogP contribution in [0, 0.1) is 5.92 Å². The molecule has 3 heterocycles. The zero-order valence-corrected chi connectivity index (χ0v) is 15.2. The van der Waals surface area contributed by atoms with Crippen molar-refractivity contribution in [1.82, 2.24) is 19.9 Å². The Hall–Kier alpha value is -2.64. The molecule has 8 heteroatoms. The van der Waals surface area contributed by atoms with Gasteiger partial charge in [0, 0.05) is 45.4 Å². The number of carbonyl (C=O) groups excluding carboxylic acids is 2. The smallest absolute Gasteiger partial charge is 0.238 e. The van der Waals surface area contributed by atoms with Crippen LogP contribution in [0.15, 0.2) is 27.3 Å². The summed E-state index contributed by atoms with van der Waals surface area (Å²) in [6.45, 7) is 6.41. The number of rotatable bonds is 6. The molecule has 1 saturated heterocycles. The maximum atomic E-state index is 12.4. The third-order valence-electron chi connectivity index (χ3n) is 4.33. The number of nitrogens with zero attached hydrogens (tertiary/aromatic N) is 4. The van der Waals surface area contributed by atoms with Crippen molar-refractivity contribution >= 4 is 11.8 Å². The van der Waals surface area contributed by atoms with Crippen LogP contribution in [0.5, 0.6) is 0 Å². The summed E-state index contributed by atoms with van der Waals surface area (Å²) >= 11 is 0. The van der Waals surface area contributed by atoms with Crippen molar-refractivity contribution in [3.8, 4) is 11.6 Å². The van der Waals surface area contributed by atoms with Gasteiger partial charge in [-0.15, -0.1) is 0 Å². The van der Waals surface area contributed by atoms with Crippen molar-refractivity contribution in [2.24, 2.45) is 5.92 Å². The highest BCUT2D eigenvalue weighted by molar-refractivity contribution is 5.78. The van der Waals surface area contributed by atoms with Gasteiger partial charge in [0.2, 0.25) is 23.5 Å². The van der Waals surface area contributed by atoms with Gasteiger partial charge in [-0.25, -0.2) is 0 Å². The zero-order chi connectivity index (χ0) is 18.5. The van der Waals surface area contributed by atoms with Crippen LogP contribution in [0.25, 0.3) is 11.6 Å². The van der Waals surface area contributed by atoms with Gasteiger partial charge >= 0.3 is 0 Å². The molecule has 1 fully saturated rings. The average molecular weight is 360 g/mol. The van der Waals surface area contributed by atoms with Gasteiger partial charge in [-0.1, -0.05) is 19.0 Å². The van der Waals surface area contributed by atoms with Crippen molar-refractivity contribution in [2.75, 3.05) is 26.2 Å². The molecule has 2 aromatic rings. The van der Waals surface area contributed by atoms with E-state index in [1.54, 1.807) is 23.3 Å². The summed E-state index contributed by atoms with van der Waals surface area (Å²) in [6.07, 6.45) is 2.79. The average Bonchev–Trinajstić information content (AvgIpc) is 3.30. The van der Waals surface area contributed by atoms with Gasteiger partial charge in [0.1, 0.15) is 0 Å². The van der Waals surface area contributed by atoms with E-state index in [1.807, 2.05) is 18.7 Å². The standard InChI is InChI=1S/C18H24N4O4/c1-13(2)12-17(24)22-9-7-21(8-10-22)16(23)6-5-15-19-18(20-26-15)14-4-3-11-25-14/h3-4,11,13H,5-10,12H2,1-2H3. The normalized spacial score (nSPS) is 14.9. The lowest BCUT2D eigenvalue weighted by Gasteiger charge is -2.35. The third kappa shape index (κ3) is 4.50. The number of piperazine rings is 1. The minimum absolute atomic E-state index is 0.0405. The third-order valence-corrected chi connectivity index (χ3v) is 4.33. The van der Waals surface area contributed by atoms with E-state index in [-0.39, 0.29) is 11.8 Å². The number of carbonyl (C=O) groups is 2. The number of aryl methyl sites for hydroxylation is 1. The summed E-state index contributed by atoms with van der Waals surface area (Å²) in [5, 5.41) is 3.85. The van der Waals surface area contributed by atoms with Crippen molar-refractivity contribution in [3.63, 3.8) is 0 Å². The van der Waals surface area contributed by atoms with Crippen LogP contribution in [0.4, 0.5) is 0 Å². The molecule has 0 unspecified atom stereocenters. The van der Waals surface area contributed by atoms with Crippen LogP contribution in [0.3, 0.4) is 0 Å². The Morgan fingerprint density at radius 1 is 1.15 bits per heavy atom. The maximum absolute atomic E-state index is 12.4. The second kappa shape index (κ2) is 8.16. The van der Waals surface area contributed by atoms with Crippen LogP contribution in [-0.4, -0.2) is 57.9 Å². The number of hydrogen-bond acceptors (Lipinski definition) is 6. The highest BCUT2D eigenvalue weighted by Crippen LogP contribution is 2.16. The number of furan rings is 1. The van der Waals surface area contributed by atoms with E-state index in [2.05, 4.69) is 10.1 Å². The van der Waals surface area contributed by atoms with Gasteiger partial charge in [0.25, 0.3) is 0 Å². The first-order valence-electron chi connectivity index (χ1n) is 8.95. The van der Waals surface area contributed by atoms with Crippen LogP contribution in [-0.2, 0) is 16.0 Å². The lowest BCUT2D eigenvalue weighted by molar-refractivity contribution is -0.140. The molecule has 0 spiro atoms. The van der Waals surface area contributed by atoms with Crippen LogP contribution < -0.4 is 0 Å². The van der Waals surface area contributed by atoms with Gasteiger partial charge in [0.15, 0.2) is 5.76 Å². The van der Waals surface area contributed by atoms with E-state index in [9.17, 15) is 9.59 Å². The van der Waals surface area contributed by atoms with E-state index < -0.39 is 0 Å². The van der Waals surface area contributed by atoms with Crippen molar-refractivity contribution in [3.05, 3.63) is 24.3 Å². The number of amides is 2. The summed E-state index contributed by atoms with van der Waals surface area (Å²) in [4.78, 5) is 32.3. The first-order chi connectivity index (χ1) is 12.5. The van der Waals surface area contributed by atoms with Gasteiger partial charge in [-0.2, -0.15) is 4.98 Å². The first-order valence-corrected chi connectivity index (χ1v) is 8.95. The van der Waals surface area contributed by atoms with Gasteiger partial charge in [-0.3, -0.25) is 9.59 Å². The number of hydrogen-bond donors (Lipinski definition) is 0. The molecule has 0 bridgehead atoms. The fraction of sp³-hybridized carbons (Fsp3) is 0.556. The number of aromatic nitrogens is 2. The minimum Gasteiger partial charge on any atom is -0.461 e. The van der Waals surface area contributed by atoms with Crippen molar-refractivity contribution in [2.45, 2.75) is 33.1 Å². The van der Waals surface area contributed by atoms with Crippen molar-refractivity contribution < 1.29 is 18.5 Å². The lowest BCUT2D eigenvalue weighted by atomic mass is 10.1. The van der Waals surface area contributed by atoms with E-state index in [4.69, 9.17) is 8.94 Å². The highest BCUT2D eigenvalue weighted by atomic mass is 16.5. The second-order valence-electron chi connectivity index (χ2n) is 6.85. The predicted molar refractivity (Wildman–Crippen MR) is 92.9 cm³/mol. The molecule has 0 saturated carbocycles. The molecule has 140 valence electrons. The summed E-state index contributed by atoms with van der Waals surface area (Å²) < 4.78 is 10.4. The monoisotopic (exact) mass is 360 g/mol. The summed E-state index contributed by atoms with van der Waals surface area (Å²) in [5.74, 6) is 1.89. The Kier molecular flexibility index (Phi) is 5.70. The van der Waals surface area contributed by atoms with Gasteiger partial charge in [-0.05, 0) is 18.1 Å². The molecular weight excluding hydrogens is 336 g/mol. The molecule has 2 aromatic heterocycles. The van der Waals surface area contributed by atoms with Crippen LogP contribution >= 0.6 is 0 Å². The Morgan fingerprint density at radius 3 is 2.46 bits per heavy atom. The van der Waals surface area contributed by atoms with Crippen LogP contribution in [0.1, 0.15) is 32.6 Å². The van der Waals surface area contributed by atoms with Crippen molar-refractivity contribution in [1.29, 1.82) is 0 Å². The Bertz CT molecular complexity index is 730. The SMILES string of the molecule is CC(C)CC(=O)N1CCN(C(=O)CCc2nc(-c3ccco3)no2)CC1. The first kappa shape index (κ1) is 18.2. The van der Waals surface area contributed by atoms with Gasteiger partial charge < -0.3 is 18.7 Å². The molecule has 1 aliphatic heterocycles.